The van der Waals surface area contributed by atoms with Gasteiger partial charge in [0.05, 0.1) is 12.8 Å². The van der Waals surface area contributed by atoms with Crippen LogP contribution in [0.5, 0.6) is 0 Å². The first kappa shape index (κ1) is 13.8. The van der Waals surface area contributed by atoms with Crippen LogP contribution >= 0.6 is 0 Å². The maximum Gasteiger partial charge on any atom is 0.358 e. The molecule has 0 aromatic carbocycles. The minimum Gasteiger partial charge on any atom is -0.476 e. The average molecular weight is 275 g/mol. The summed E-state index contributed by atoms with van der Waals surface area (Å²) in [5.41, 5.74) is -0.364. The first-order valence-corrected chi connectivity index (χ1v) is 5.41. The number of hydrogen-bond acceptors (Lipinski definition) is 8. The van der Waals surface area contributed by atoms with Gasteiger partial charge in [0.15, 0.2) is 11.9 Å². The Morgan fingerprint density at radius 1 is 1.32 bits per heavy atom. The minimum atomic E-state index is -1.56. The zero-order chi connectivity index (χ0) is 14.2. The first-order chi connectivity index (χ1) is 8.95. The van der Waals surface area contributed by atoms with Gasteiger partial charge in [0.25, 0.3) is 0 Å². The van der Waals surface area contributed by atoms with E-state index in [1.54, 1.807) is 0 Å². The fourth-order valence-corrected chi connectivity index (χ4v) is 1.80. The number of carboxylic acids is 1. The van der Waals surface area contributed by atoms with Gasteiger partial charge in [-0.25, -0.2) is 9.48 Å². The lowest BCUT2D eigenvalue weighted by molar-refractivity contribution is -0.254. The maximum absolute atomic E-state index is 10.7. The minimum absolute atomic E-state index is 0.364. The quantitative estimate of drug-likeness (QED) is 0.386. The Balaban J connectivity index is 2.24. The van der Waals surface area contributed by atoms with Gasteiger partial charge in [0.2, 0.25) is 0 Å². The van der Waals surface area contributed by atoms with E-state index in [0.29, 0.717) is 0 Å². The lowest BCUT2D eigenvalue weighted by Crippen LogP contribution is -2.56. The van der Waals surface area contributed by atoms with E-state index < -0.39 is 43.2 Å². The van der Waals surface area contributed by atoms with Crippen molar-refractivity contribution in [2.24, 2.45) is 0 Å². The molecule has 0 radical (unpaired) electrons. The first-order valence-electron chi connectivity index (χ1n) is 5.41. The molecule has 5 N–H and O–H groups in total. The van der Waals surface area contributed by atoms with Crippen LogP contribution < -0.4 is 0 Å². The Kier molecular flexibility index (Phi) is 3.78. The van der Waals surface area contributed by atoms with Gasteiger partial charge in [-0.05, 0) is 0 Å². The Morgan fingerprint density at radius 2 is 2.00 bits per heavy atom. The summed E-state index contributed by atoms with van der Waals surface area (Å²) in [4.78, 5) is 10.7. The Labute approximate surface area is 106 Å². The van der Waals surface area contributed by atoms with Gasteiger partial charge >= 0.3 is 5.97 Å². The van der Waals surface area contributed by atoms with Gasteiger partial charge in [-0.15, -0.1) is 5.10 Å². The van der Waals surface area contributed by atoms with Crippen LogP contribution in [0.2, 0.25) is 0 Å². The molecule has 1 aliphatic rings. The highest BCUT2D eigenvalue weighted by Crippen LogP contribution is 2.27. The molecule has 1 aromatic heterocycles. The highest BCUT2D eigenvalue weighted by Gasteiger charge is 2.44. The second-order valence-electron chi connectivity index (χ2n) is 4.11. The molecule has 1 fully saturated rings. The fourth-order valence-electron chi connectivity index (χ4n) is 1.80. The van der Waals surface area contributed by atoms with Crippen molar-refractivity contribution < 1.29 is 35.1 Å². The topological polar surface area (TPSA) is 158 Å². The van der Waals surface area contributed by atoms with Crippen molar-refractivity contribution >= 4 is 5.97 Å². The van der Waals surface area contributed by atoms with Crippen molar-refractivity contribution in [2.75, 3.05) is 6.61 Å². The number of aliphatic hydroxyl groups is 4. The van der Waals surface area contributed by atoms with Gasteiger partial charge in [0, 0.05) is 0 Å². The van der Waals surface area contributed by atoms with E-state index in [0.717, 1.165) is 10.9 Å². The molecule has 1 aromatic rings. The molecule has 1 saturated heterocycles. The summed E-state index contributed by atoms with van der Waals surface area (Å²) >= 11 is 0. The van der Waals surface area contributed by atoms with Crippen molar-refractivity contribution in [3.63, 3.8) is 0 Å². The predicted octanol–water partition coefficient (Wildman–Crippen LogP) is -3.05. The van der Waals surface area contributed by atoms with E-state index in [1.165, 1.54) is 0 Å². The van der Waals surface area contributed by atoms with Crippen molar-refractivity contribution in [2.45, 2.75) is 30.6 Å². The number of rotatable bonds is 3. The fraction of sp³-hybridized carbons (Fsp3) is 0.667. The van der Waals surface area contributed by atoms with E-state index in [2.05, 4.69) is 10.3 Å². The van der Waals surface area contributed by atoms with E-state index in [4.69, 9.17) is 14.9 Å². The Hall–Kier alpha value is -1.59. The van der Waals surface area contributed by atoms with Crippen molar-refractivity contribution in [3.8, 4) is 0 Å². The van der Waals surface area contributed by atoms with Gasteiger partial charge in [-0.3, -0.25) is 0 Å². The van der Waals surface area contributed by atoms with Crippen molar-refractivity contribution in [3.05, 3.63) is 11.9 Å². The Morgan fingerprint density at radius 3 is 2.53 bits per heavy atom. The molecule has 0 bridgehead atoms. The standard InChI is InChI=1S/C9H13N3O7/c13-2-4-5(14)6(15)7(16)8(19-4)12-1-3(9(17)18)10-11-12/h1,4-8,13-16H,2H2,(H,17,18)/t4-,5-,6+,7-,8+/m1/s1. The number of ether oxygens (including phenoxy) is 1. The summed E-state index contributed by atoms with van der Waals surface area (Å²) in [6.45, 7) is -0.581. The van der Waals surface area contributed by atoms with Crippen LogP contribution in [0.15, 0.2) is 6.20 Å². The van der Waals surface area contributed by atoms with Crippen LogP contribution in [0.4, 0.5) is 0 Å². The van der Waals surface area contributed by atoms with Gasteiger partial charge in [0.1, 0.15) is 24.4 Å². The smallest absolute Gasteiger partial charge is 0.358 e. The van der Waals surface area contributed by atoms with Crippen LogP contribution in [-0.2, 0) is 4.74 Å². The third kappa shape index (κ3) is 2.43. The molecular weight excluding hydrogens is 262 g/mol. The van der Waals surface area contributed by atoms with E-state index in [1.807, 2.05) is 0 Å². The van der Waals surface area contributed by atoms with Crippen LogP contribution in [0.1, 0.15) is 16.7 Å². The van der Waals surface area contributed by atoms with Crippen LogP contribution in [0.25, 0.3) is 0 Å². The molecule has 10 heteroatoms. The van der Waals surface area contributed by atoms with E-state index in [-0.39, 0.29) is 5.69 Å². The maximum atomic E-state index is 10.7. The Bertz CT molecular complexity index is 462. The highest BCUT2D eigenvalue weighted by molar-refractivity contribution is 5.84. The summed E-state index contributed by atoms with van der Waals surface area (Å²) in [5, 5.41) is 53.4. The van der Waals surface area contributed by atoms with E-state index >= 15 is 0 Å². The molecular formula is C9H13N3O7. The molecule has 106 valence electrons. The third-order valence-electron chi connectivity index (χ3n) is 2.86. The number of carboxylic acid groups (broad SMARTS) is 1. The number of aliphatic hydroxyl groups excluding tert-OH is 4. The molecule has 10 nitrogen and oxygen atoms in total. The second kappa shape index (κ2) is 5.19. The number of nitrogens with zero attached hydrogens (tertiary/aromatic N) is 3. The molecule has 2 rings (SSSR count). The van der Waals surface area contributed by atoms with Crippen LogP contribution in [-0.4, -0.2) is 77.5 Å². The average Bonchev–Trinajstić information content (AvgIpc) is 2.86. The lowest BCUT2D eigenvalue weighted by Gasteiger charge is -2.39. The molecule has 5 atom stereocenters. The number of carbonyl (C=O) groups is 1. The molecule has 0 amide bonds. The summed E-state index contributed by atoms with van der Waals surface area (Å²) < 4.78 is 6.08. The summed E-state index contributed by atoms with van der Waals surface area (Å²) in [5.74, 6) is -1.31. The van der Waals surface area contributed by atoms with Crippen LogP contribution in [0.3, 0.4) is 0 Å². The molecule has 2 heterocycles. The summed E-state index contributed by atoms with van der Waals surface area (Å²) in [7, 11) is 0. The second-order valence-corrected chi connectivity index (χ2v) is 4.11. The molecule has 1 aliphatic heterocycles. The third-order valence-corrected chi connectivity index (χ3v) is 2.86. The van der Waals surface area contributed by atoms with E-state index in [9.17, 15) is 20.1 Å². The SMILES string of the molecule is O=C(O)c1cn([C@H]2O[C@H](CO)[C@@H](O)[C@H](O)[C@H]2O)nn1. The number of hydrogen-bond donors (Lipinski definition) is 5. The highest BCUT2D eigenvalue weighted by atomic mass is 16.6. The van der Waals surface area contributed by atoms with Gasteiger partial charge < -0.3 is 30.3 Å². The van der Waals surface area contributed by atoms with Gasteiger partial charge in [-0.1, -0.05) is 5.21 Å². The van der Waals surface area contributed by atoms with Crippen molar-refractivity contribution in [1.82, 2.24) is 15.0 Å². The monoisotopic (exact) mass is 275 g/mol. The number of aromatic carboxylic acids is 1. The number of aromatic nitrogens is 3. The largest absolute Gasteiger partial charge is 0.476 e. The zero-order valence-electron chi connectivity index (χ0n) is 9.57. The zero-order valence-corrected chi connectivity index (χ0v) is 9.57. The van der Waals surface area contributed by atoms with Crippen LogP contribution in [0, 0.1) is 0 Å². The molecule has 0 saturated carbocycles. The summed E-state index contributed by atoms with van der Waals surface area (Å²) in [6.07, 6.45) is -5.93. The molecule has 0 aliphatic carbocycles. The predicted molar refractivity (Wildman–Crippen MR) is 56.0 cm³/mol. The van der Waals surface area contributed by atoms with Crippen molar-refractivity contribution in [1.29, 1.82) is 0 Å². The van der Waals surface area contributed by atoms with Gasteiger partial charge in [-0.2, -0.15) is 0 Å². The summed E-state index contributed by atoms with van der Waals surface area (Å²) in [6, 6.07) is 0. The lowest BCUT2D eigenvalue weighted by atomic mass is 9.98. The molecule has 0 unspecified atom stereocenters. The molecule has 0 spiro atoms. The molecule has 19 heavy (non-hydrogen) atoms. The normalized spacial score (nSPS) is 35.3.